The molecule has 10 nitrogen and oxygen atoms in total. The fourth-order valence-electron chi connectivity index (χ4n) is 6.05. The predicted octanol–water partition coefficient (Wildman–Crippen LogP) is 3.81. The summed E-state index contributed by atoms with van der Waals surface area (Å²) in [5.74, 6) is 0.796. The molecule has 0 spiro atoms. The number of fused-ring (bicyclic) bond motifs is 1. The average Bonchev–Trinajstić information content (AvgIpc) is 3.35. The number of hydrogen-bond acceptors (Lipinski definition) is 8. The van der Waals surface area contributed by atoms with Gasteiger partial charge in [0.1, 0.15) is 12.4 Å². The highest BCUT2D eigenvalue weighted by Gasteiger charge is 2.34. The van der Waals surface area contributed by atoms with E-state index in [1.165, 1.54) is 4.90 Å². The van der Waals surface area contributed by atoms with Gasteiger partial charge in [0.05, 0.1) is 30.8 Å². The topological polar surface area (TPSA) is 109 Å². The van der Waals surface area contributed by atoms with E-state index in [0.717, 1.165) is 72.1 Å². The Morgan fingerprint density at radius 1 is 1.21 bits per heavy atom. The SMILES string of the molecule is CCc1c(Cl)cccc1N1CCc2c(nc(OC[C@@H]3CCCN3C)nc2N2CCN(C(=O)O)[C@@H](CC#N)C2)C1. The number of nitrogens with zero attached hydrogens (tertiary/aromatic N) is 7. The molecule has 1 amide bonds. The van der Waals surface area contributed by atoms with Crippen molar-refractivity contribution in [2.24, 2.45) is 0 Å². The number of likely N-dealkylation sites (tertiary alicyclic amines) is 1. The van der Waals surface area contributed by atoms with Gasteiger partial charge in [-0.15, -0.1) is 0 Å². The molecular formula is C28H36ClN7O3. The number of benzene rings is 1. The minimum absolute atomic E-state index is 0.135. The number of nitriles is 1. The van der Waals surface area contributed by atoms with Crippen LogP contribution in [0.5, 0.6) is 6.01 Å². The van der Waals surface area contributed by atoms with Crippen molar-refractivity contribution in [2.75, 3.05) is 56.2 Å². The largest absolute Gasteiger partial charge is 0.465 e. The Labute approximate surface area is 234 Å². The van der Waals surface area contributed by atoms with Gasteiger partial charge in [-0.2, -0.15) is 15.2 Å². The smallest absolute Gasteiger partial charge is 0.407 e. The standard InChI is InChI=1S/C28H36ClN7O3/c1-3-21-23(29)7-4-8-25(21)34-13-10-22-24(17-34)31-27(39-18-20-6-5-12-33(20)2)32-26(22)35-14-15-36(28(37)38)19(16-35)9-11-30/h4,7-8,19-20H,3,5-6,9-10,12-18H2,1-2H3,(H,37,38)/t19-,20-/m0/s1. The second-order valence-electron chi connectivity index (χ2n) is 10.5. The summed E-state index contributed by atoms with van der Waals surface area (Å²) in [5.41, 5.74) is 4.23. The molecule has 5 rings (SSSR count). The zero-order chi connectivity index (χ0) is 27.5. The second kappa shape index (κ2) is 11.8. The van der Waals surface area contributed by atoms with E-state index in [1.54, 1.807) is 0 Å². The Balaban J connectivity index is 1.47. The van der Waals surface area contributed by atoms with Crippen LogP contribution >= 0.6 is 11.6 Å². The highest BCUT2D eigenvalue weighted by atomic mass is 35.5. The van der Waals surface area contributed by atoms with E-state index in [4.69, 9.17) is 26.3 Å². The first-order chi connectivity index (χ1) is 18.9. The van der Waals surface area contributed by atoms with Crippen LogP contribution in [0.2, 0.25) is 5.02 Å². The molecule has 2 atom stereocenters. The van der Waals surface area contributed by atoms with Gasteiger partial charge < -0.3 is 29.4 Å². The summed E-state index contributed by atoms with van der Waals surface area (Å²) < 4.78 is 6.21. The van der Waals surface area contributed by atoms with E-state index in [9.17, 15) is 15.2 Å². The molecule has 1 aromatic carbocycles. The zero-order valence-electron chi connectivity index (χ0n) is 22.6. The van der Waals surface area contributed by atoms with Crippen molar-refractivity contribution in [3.05, 3.63) is 40.0 Å². The van der Waals surface area contributed by atoms with Gasteiger partial charge in [-0.3, -0.25) is 0 Å². The summed E-state index contributed by atoms with van der Waals surface area (Å²) in [7, 11) is 2.12. The molecule has 4 heterocycles. The van der Waals surface area contributed by atoms with E-state index in [2.05, 4.69) is 40.8 Å². The number of halogens is 1. The quantitative estimate of drug-likeness (QED) is 0.547. The first kappa shape index (κ1) is 27.3. The van der Waals surface area contributed by atoms with Gasteiger partial charge in [0.2, 0.25) is 0 Å². The molecule has 0 unspecified atom stereocenters. The number of amides is 1. The Bertz CT molecular complexity index is 1250. The van der Waals surface area contributed by atoms with Gasteiger partial charge in [-0.1, -0.05) is 24.6 Å². The number of anilines is 2. The maximum Gasteiger partial charge on any atom is 0.407 e. The van der Waals surface area contributed by atoms with Crippen LogP contribution in [0.15, 0.2) is 18.2 Å². The Hall–Kier alpha value is -3.29. The van der Waals surface area contributed by atoms with Crippen molar-refractivity contribution < 1.29 is 14.6 Å². The molecule has 3 aliphatic heterocycles. The minimum Gasteiger partial charge on any atom is -0.465 e. The van der Waals surface area contributed by atoms with E-state index in [1.807, 2.05) is 12.1 Å². The zero-order valence-corrected chi connectivity index (χ0v) is 23.4. The first-order valence-electron chi connectivity index (χ1n) is 13.8. The highest BCUT2D eigenvalue weighted by molar-refractivity contribution is 6.31. The molecule has 3 aliphatic rings. The normalized spacial score (nSPS) is 21.5. The van der Waals surface area contributed by atoms with Gasteiger partial charge in [-0.25, -0.2) is 4.79 Å². The van der Waals surface area contributed by atoms with Crippen molar-refractivity contribution in [2.45, 2.75) is 57.7 Å². The summed E-state index contributed by atoms with van der Waals surface area (Å²) in [4.78, 5) is 29.7. The second-order valence-corrected chi connectivity index (χ2v) is 11.0. The van der Waals surface area contributed by atoms with Crippen molar-refractivity contribution in [1.29, 1.82) is 5.26 Å². The van der Waals surface area contributed by atoms with Crippen LogP contribution in [0.3, 0.4) is 0 Å². The number of carboxylic acid groups (broad SMARTS) is 1. The number of hydrogen-bond donors (Lipinski definition) is 1. The first-order valence-corrected chi connectivity index (χ1v) is 14.1. The number of likely N-dealkylation sites (N-methyl/N-ethyl adjacent to an activating group) is 1. The Morgan fingerprint density at radius 3 is 2.77 bits per heavy atom. The minimum atomic E-state index is -0.992. The molecule has 1 aromatic heterocycles. The summed E-state index contributed by atoms with van der Waals surface area (Å²) in [6.07, 6.45) is 2.97. The third-order valence-electron chi connectivity index (χ3n) is 8.24. The van der Waals surface area contributed by atoms with E-state index < -0.39 is 12.1 Å². The summed E-state index contributed by atoms with van der Waals surface area (Å²) >= 11 is 6.54. The van der Waals surface area contributed by atoms with Gasteiger partial charge in [0.25, 0.3) is 0 Å². The van der Waals surface area contributed by atoms with E-state index >= 15 is 0 Å². The number of aromatic nitrogens is 2. The number of rotatable bonds is 7. The van der Waals surface area contributed by atoms with Crippen LogP contribution in [-0.4, -0.2) is 89.4 Å². The van der Waals surface area contributed by atoms with Crippen LogP contribution in [0, 0.1) is 11.3 Å². The lowest BCUT2D eigenvalue weighted by Crippen LogP contribution is -2.55. The van der Waals surface area contributed by atoms with Crippen LogP contribution in [0.4, 0.5) is 16.3 Å². The van der Waals surface area contributed by atoms with Crippen LogP contribution in [0.25, 0.3) is 0 Å². The molecule has 11 heteroatoms. The Kier molecular flexibility index (Phi) is 8.29. The average molecular weight is 554 g/mol. The predicted molar refractivity (Wildman–Crippen MR) is 150 cm³/mol. The lowest BCUT2D eigenvalue weighted by atomic mass is 10.0. The van der Waals surface area contributed by atoms with Gasteiger partial charge in [0, 0.05) is 48.5 Å². The van der Waals surface area contributed by atoms with Crippen molar-refractivity contribution in [3.63, 3.8) is 0 Å². The maximum absolute atomic E-state index is 11.8. The molecule has 208 valence electrons. The van der Waals surface area contributed by atoms with Gasteiger partial charge >= 0.3 is 12.1 Å². The highest BCUT2D eigenvalue weighted by Crippen LogP contribution is 2.35. The van der Waals surface area contributed by atoms with Crippen molar-refractivity contribution in [1.82, 2.24) is 19.8 Å². The molecular weight excluding hydrogens is 518 g/mol. The van der Waals surface area contributed by atoms with Crippen molar-refractivity contribution in [3.8, 4) is 12.1 Å². The molecule has 1 N–H and O–H groups in total. The fraction of sp³-hybridized carbons (Fsp3) is 0.571. The maximum atomic E-state index is 11.8. The Morgan fingerprint density at radius 2 is 2.05 bits per heavy atom. The molecule has 0 bridgehead atoms. The van der Waals surface area contributed by atoms with E-state index in [-0.39, 0.29) is 6.42 Å². The van der Waals surface area contributed by atoms with Crippen LogP contribution in [-0.2, 0) is 19.4 Å². The number of carbonyl (C=O) groups is 1. The molecule has 39 heavy (non-hydrogen) atoms. The third-order valence-corrected chi connectivity index (χ3v) is 8.60. The lowest BCUT2D eigenvalue weighted by molar-refractivity contribution is 0.119. The molecule has 2 fully saturated rings. The monoisotopic (exact) mass is 553 g/mol. The molecule has 0 saturated carbocycles. The molecule has 2 saturated heterocycles. The van der Waals surface area contributed by atoms with Crippen LogP contribution in [0.1, 0.15) is 43.0 Å². The summed E-state index contributed by atoms with van der Waals surface area (Å²) in [5, 5.41) is 19.8. The molecule has 0 aliphatic carbocycles. The third kappa shape index (κ3) is 5.70. The summed E-state index contributed by atoms with van der Waals surface area (Å²) in [6.45, 7) is 6.33. The lowest BCUT2D eigenvalue weighted by Gasteiger charge is -2.41. The molecule has 2 aromatic rings. The van der Waals surface area contributed by atoms with Crippen LogP contribution < -0.4 is 14.5 Å². The van der Waals surface area contributed by atoms with Gasteiger partial charge in [-0.05, 0) is 57.0 Å². The summed E-state index contributed by atoms with van der Waals surface area (Å²) in [6, 6.07) is 8.46. The van der Waals surface area contributed by atoms with Gasteiger partial charge in [0.15, 0.2) is 0 Å². The number of ether oxygens (including phenoxy) is 1. The number of piperazine rings is 1. The van der Waals surface area contributed by atoms with E-state index in [0.29, 0.717) is 44.8 Å². The van der Waals surface area contributed by atoms with Crippen molar-refractivity contribution >= 4 is 29.2 Å². The fourth-order valence-corrected chi connectivity index (χ4v) is 6.36. The molecule has 0 radical (unpaired) electrons.